The van der Waals surface area contributed by atoms with Crippen molar-refractivity contribution in [2.24, 2.45) is 0 Å². The lowest BCUT2D eigenvalue weighted by atomic mass is 9.98. The highest BCUT2D eigenvalue weighted by Crippen LogP contribution is 2.30. The van der Waals surface area contributed by atoms with Gasteiger partial charge in [0.05, 0.1) is 7.11 Å². The third kappa shape index (κ3) is 4.91. The van der Waals surface area contributed by atoms with Crippen LogP contribution in [0.5, 0.6) is 5.75 Å². The Bertz CT molecular complexity index is 1080. The van der Waals surface area contributed by atoms with Gasteiger partial charge in [0.2, 0.25) is 5.01 Å². The summed E-state index contributed by atoms with van der Waals surface area (Å²) < 4.78 is 5.23. The Hall–Kier alpha value is -3.26. The molecular formula is C23H24N4O3S. The van der Waals surface area contributed by atoms with Crippen molar-refractivity contribution in [1.29, 1.82) is 0 Å². The first-order valence-electron chi connectivity index (χ1n) is 10.2. The number of piperidine rings is 1. The fourth-order valence-electron chi connectivity index (χ4n) is 3.61. The van der Waals surface area contributed by atoms with Crippen molar-refractivity contribution in [3.8, 4) is 5.75 Å². The van der Waals surface area contributed by atoms with E-state index in [2.05, 4.69) is 15.5 Å². The first kappa shape index (κ1) is 21.0. The van der Waals surface area contributed by atoms with Crippen LogP contribution in [-0.2, 0) is 0 Å². The van der Waals surface area contributed by atoms with Crippen LogP contribution < -0.4 is 10.1 Å². The largest absolute Gasteiger partial charge is 0.497 e. The molecule has 31 heavy (non-hydrogen) atoms. The standard InChI is InChI=1S/C23H24N4O3S/c1-15-8-10-18(11-9-15)24-20(28)22-26-25-21(31-22)17-6-4-12-27(14-17)23(29)16-5-3-7-19(13-16)30-2/h3,5,7-11,13,17H,4,6,12,14H2,1-2H3,(H,24,28)/t17-/m0/s1. The summed E-state index contributed by atoms with van der Waals surface area (Å²) in [5, 5.41) is 12.3. The lowest BCUT2D eigenvalue weighted by molar-refractivity contribution is 0.0706. The van der Waals surface area contributed by atoms with E-state index in [4.69, 9.17) is 4.74 Å². The maximum absolute atomic E-state index is 13.0. The normalized spacial score (nSPS) is 16.1. The maximum atomic E-state index is 13.0. The van der Waals surface area contributed by atoms with Crippen molar-refractivity contribution in [2.75, 3.05) is 25.5 Å². The Kier molecular flexibility index (Phi) is 6.27. The first-order chi connectivity index (χ1) is 15.0. The molecular weight excluding hydrogens is 412 g/mol. The molecule has 1 saturated heterocycles. The van der Waals surface area contributed by atoms with E-state index >= 15 is 0 Å². The van der Waals surface area contributed by atoms with Gasteiger partial charge in [-0.05, 0) is 50.1 Å². The molecule has 1 fully saturated rings. The first-order valence-corrected chi connectivity index (χ1v) is 11.0. The number of hydrogen-bond acceptors (Lipinski definition) is 6. The summed E-state index contributed by atoms with van der Waals surface area (Å²) in [6, 6.07) is 14.8. The molecule has 1 atom stereocenters. The maximum Gasteiger partial charge on any atom is 0.286 e. The van der Waals surface area contributed by atoms with Gasteiger partial charge in [-0.25, -0.2) is 0 Å². The number of nitrogens with one attached hydrogen (secondary N) is 1. The van der Waals surface area contributed by atoms with E-state index in [9.17, 15) is 9.59 Å². The number of carbonyl (C=O) groups is 2. The highest BCUT2D eigenvalue weighted by atomic mass is 32.1. The van der Waals surface area contributed by atoms with Crippen LogP contribution in [0, 0.1) is 6.92 Å². The Morgan fingerprint density at radius 1 is 1.16 bits per heavy atom. The zero-order valence-corrected chi connectivity index (χ0v) is 18.3. The molecule has 160 valence electrons. The van der Waals surface area contributed by atoms with Gasteiger partial charge in [0.15, 0.2) is 0 Å². The number of rotatable bonds is 5. The molecule has 1 N–H and O–H groups in total. The van der Waals surface area contributed by atoms with Crippen LogP contribution in [0.15, 0.2) is 48.5 Å². The van der Waals surface area contributed by atoms with Gasteiger partial charge in [0.1, 0.15) is 10.8 Å². The van der Waals surface area contributed by atoms with E-state index < -0.39 is 0 Å². The number of amides is 2. The smallest absolute Gasteiger partial charge is 0.286 e. The van der Waals surface area contributed by atoms with Crippen LogP contribution >= 0.6 is 11.3 Å². The van der Waals surface area contributed by atoms with Crippen molar-refractivity contribution < 1.29 is 14.3 Å². The lowest BCUT2D eigenvalue weighted by Gasteiger charge is -2.31. The molecule has 0 aliphatic carbocycles. The van der Waals surface area contributed by atoms with Gasteiger partial charge in [-0.2, -0.15) is 0 Å². The molecule has 0 radical (unpaired) electrons. The van der Waals surface area contributed by atoms with Gasteiger partial charge in [-0.15, -0.1) is 10.2 Å². The van der Waals surface area contributed by atoms with E-state index in [1.165, 1.54) is 11.3 Å². The molecule has 3 aromatic rings. The summed E-state index contributed by atoms with van der Waals surface area (Å²) in [4.78, 5) is 27.3. The number of nitrogens with zero attached hydrogens (tertiary/aromatic N) is 3. The number of methoxy groups -OCH3 is 1. The molecule has 4 rings (SSSR count). The molecule has 0 spiro atoms. The fraction of sp³-hybridized carbons (Fsp3) is 0.304. The second-order valence-electron chi connectivity index (χ2n) is 7.59. The minimum absolute atomic E-state index is 0.0227. The molecule has 2 aromatic carbocycles. The van der Waals surface area contributed by atoms with Crippen molar-refractivity contribution in [1.82, 2.24) is 15.1 Å². The van der Waals surface area contributed by atoms with Gasteiger partial charge < -0.3 is 15.0 Å². The molecule has 2 heterocycles. The average Bonchev–Trinajstić information content (AvgIpc) is 3.31. The summed E-state index contributed by atoms with van der Waals surface area (Å²) in [6.45, 7) is 3.26. The molecule has 8 heteroatoms. The van der Waals surface area contributed by atoms with Crippen molar-refractivity contribution in [3.05, 3.63) is 69.7 Å². The molecule has 1 aliphatic rings. The Morgan fingerprint density at radius 2 is 1.97 bits per heavy atom. The molecule has 0 saturated carbocycles. The lowest BCUT2D eigenvalue weighted by Crippen LogP contribution is -2.39. The fourth-order valence-corrected chi connectivity index (χ4v) is 4.48. The SMILES string of the molecule is COc1cccc(C(=O)N2CCC[C@H](c3nnc(C(=O)Nc4ccc(C)cc4)s3)C2)c1. The van der Waals surface area contributed by atoms with Crippen LogP contribution in [0.25, 0.3) is 0 Å². The number of aryl methyl sites for hydroxylation is 1. The van der Waals surface area contributed by atoms with Crippen LogP contribution in [0.2, 0.25) is 0 Å². The highest BCUT2D eigenvalue weighted by Gasteiger charge is 2.28. The zero-order valence-electron chi connectivity index (χ0n) is 17.5. The summed E-state index contributed by atoms with van der Waals surface area (Å²) in [7, 11) is 1.59. The average molecular weight is 437 g/mol. The van der Waals surface area contributed by atoms with Crippen molar-refractivity contribution in [2.45, 2.75) is 25.7 Å². The molecule has 1 aliphatic heterocycles. The molecule has 1 aromatic heterocycles. The zero-order chi connectivity index (χ0) is 21.8. The summed E-state index contributed by atoms with van der Waals surface area (Å²) in [5.74, 6) is 0.438. The van der Waals surface area contributed by atoms with Gasteiger partial charge in [-0.3, -0.25) is 9.59 Å². The number of carbonyl (C=O) groups excluding carboxylic acids is 2. The van der Waals surface area contributed by atoms with Crippen LogP contribution in [0.1, 0.15) is 49.5 Å². The van der Waals surface area contributed by atoms with E-state index in [0.717, 1.165) is 29.1 Å². The van der Waals surface area contributed by atoms with Crippen LogP contribution in [-0.4, -0.2) is 47.1 Å². The molecule has 2 amide bonds. The molecule has 0 bridgehead atoms. The predicted molar refractivity (Wildman–Crippen MR) is 120 cm³/mol. The predicted octanol–water partition coefficient (Wildman–Crippen LogP) is 4.13. The van der Waals surface area contributed by atoms with Gasteiger partial charge in [0.25, 0.3) is 11.8 Å². The van der Waals surface area contributed by atoms with Crippen LogP contribution in [0.4, 0.5) is 5.69 Å². The van der Waals surface area contributed by atoms with E-state index in [1.54, 1.807) is 19.2 Å². The van der Waals surface area contributed by atoms with Gasteiger partial charge in [0, 0.05) is 30.3 Å². The number of benzene rings is 2. The van der Waals surface area contributed by atoms with Crippen molar-refractivity contribution in [3.63, 3.8) is 0 Å². The van der Waals surface area contributed by atoms with E-state index in [1.807, 2.05) is 48.2 Å². The highest BCUT2D eigenvalue weighted by molar-refractivity contribution is 7.13. The number of anilines is 1. The van der Waals surface area contributed by atoms with Gasteiger partial charge in [-0.1, -0.05) is 35.1 Å². The summed E-state index contributed by atoms with van der Waals surface area (Å²) in [5.41, 5.74) is 2.46. The number of aromatic nitrogens is 2. The minimum Gasteiger partial charge on any atom is -0.497 e. The Labute approximate surface area is 185 Å². The number of hydrogen-bond donors (Lipinski definition) is 1. The van der Waals surface area contributed by atoms with E-state index in [0.29, 0.717) is 29.4 Å². The molecule has 7 nitrogen and oxygen atoms in total. The third-order valence-electron chi connectivity index (χ3n) is 5.32. The topological polar surface area (TPSA) is 84.4 Å². The number of likely N-dealkylation sites (tertiary alicyclic amines) is 1. The number of ether oxygens (including phenoxy) is 1. The third-order valence-corrected chi connectivity index (χ3v) is 6.40. The second-order valence-corrected chi connectivity index (χ2v) is 8.60. The monoisotopic (exact) mass is 436 g/mol. The van der Waals surface area contributed by atoms with Crippen molar-refractivity contribution >= 4 is 28.8 Å². The van der Waals surface area contributed by atoms with Crippen LogP contribution in [0.3, 0.4) is 0 Å². The van der Waals surface area contributed by atoms with Gasteiger partial charge >= 0.3 is 0 Å². The van der Waals surface area contributed by atoms with E-state index in [-0.39, 0.29) is 17.7 Å². The second kappa shape index (κ2) is 9.26. The Morgan fingerprint density at radius 3 is 2.74 bits per heavy atom. The Balaban J connectivity index is 1.42. The quantitative estimate of drug-likeness (QED) is 0.650. The minimum atomic E-state index is -0.271. The summed E-state index contributed by atoms with van der Waals surface area (Å²) >= 11 is 1.29. The summed E-state index contributed by atoms with van der Waals surface area (Å²) in [6.07, 6.45) is 1.79. The molecule has 0 unspecified atom stereocenters.